The van der Waals surface area contributed by atoms with Crippen LogP contribution >= 0.6 is 22.6 Å². The molecule has 4 nitrogen and oxygen atoms in total. The van der Waals surface area contributed by atoms with Crippen molar-refractivity contribution in [3.63, 3.8) is 0 Å². The van der Waals surface area contributed by atoms with Crippen molar-refractivity contribution in [1.82, 2.24) is 0 Å². The number of esters is 2. The summed E-state index contributed by atoms with van der Waals surface area (Å²) in [6.45, 7) is 1.28. The molecule has 5 heteroatoms. The lowest BCUT2D eigenvalue weighted by Crippen LogP contribution is -2.09. The third-order valence-corrected chi connectivity index (χ3v) is 1.86. The summed E-state index contributed by atoms with van der Waals surface area (Å²) in [6, 6.07) is 6.45. The summed E-state index contributed by atoms with van der Waals surface area (Å²) in [5.41, 5.74) is 0.254. The number of rotatable bonds is 3. The van der Waals surface area contributed by atoms with Gasteiger partial charge in [-0.3, -0.25) is 4.79 Å². The highest BCUT2D eigenvalue weighted by molar-refractivity contribution is 14.1. The third kappa shape index (κ3) is 3.50. The maximum Gasteiger partial charge on any atom is 0.342 e. The zero-order valence-electron chi connectivity index (χ0n) is 8.03. The van der Waals surface area contributed by atoms with Crippen LogP contribution in [0.2, 0.25) is 0 Å². The highest BCUT2D eigenvalue weighted by atomic mass is 127. The maximum atomic E-state index is 11.4. The molecule has 0 radical (unpaired) electrons. The molecular formula is C10H9IO4. The average molecular weight is 320 g/mol. The minimum atomic E-state index is -0.499. The first-order valence-electron chi connectivity index (χ1n) is 4.15. The van der Waals surface area contributed by atoms with Crippen LogP contribution < -0.4 is 4.74 Å². The molecule has 1 aromatic rings. The highest BCUT2D eigenvalue weighted by Crippen LogP contribution is 2.19. The molecule has 0 aromatic heterocycles. The second-order valence-corrected chi connectivity index (χ2v) is 3.25. The van der Waals surface area contributed by atoms with Crippen LogP contribution in [-0.2, 0) is 9.53 Å². The minimum Gasteiger partial charge on any atom is -0.451 e. The number of ether oxygens (including phenoxy) is 2. The smallest absolute Gasteiger partial charge is 0.342 e. The molecule has 0 spiro atoms. The Hall–Kier alpha value is -1.11. The van der Waals surface area contributed by atoms with Crippen molar-refractivity contribution in [2.24, 2.45) is 0 Å². The van der Waals surface area contributed by atoms with E-state index >= 15 is 0 Å². The molecular weight excluding hydrogens is 311 g/mol. The largest absolute Gasteiger partial charge is 0.451 e. The van der Waals surface area contributed by atoms with E-state index < -0.39 is 11.9 Å². The van der Waals surface area contributed by atoms with Gasteiger partial charge in [-0.05, 0) is 34.7 Å². The lowest BCUT2D eigenvalue weighted by Gasteiger charge is -2.06. The number of hydrogen-bond acceptors (Lipinski definition) is 4. The summed E-state index contributed by atoms with van der Waals surface area (Å²) in [4.78, 5) is 22.2. The predicted octanol–water partition coefficient (Wildman–Crippen LogP) is 2.16. The van der Waals surface area contributed by atoms with Crippen LogP contribution in [0.3, 0.4) is 0 Å². The van der Waals surface area contributed by atoms with E-state index in [2.05, 4.69) is 0 Å². The molecule has 80 valence electrons. The van der Waals surface area contributed by atoms with E-state index in [0.29, 0.717) is 0 Å². The van der Waals surface area contributed by atoms with Crippen LogP contribution in [0.15, 0.2) is 24.3 Å². The molecule has 1 aromatic carbocycles. The van der Waals surface area contributed by atoms with E-state index in [-0.39, 0.29) is 15.9 Å². The van der Waals surface area contributed by atoms with Crippen molar-refractivity contribution in [1.29, 1.82) is 0 Å². The molecule has 0 atom stereocenters. The molecule has 0 N–H and O–H groups in total. The summed E-state index contributed by atoms with van der Waals surface area (Å²) >= 11 is 1.92. The van der Waals surface area contributed by atoms with Crippen LogP contribution in [0.1, 0.15) is 17.3 Å². The Bertz CT molecular complexity index is 375. The van der Waals surface area contributed by atoms with Crippen LogP contribution in [0.25, 0.3) is 0 Å². The number of hydrogen-bond donors (Lipinski definition) is 0. The molecule has 0 aliphatic rings. The lowest BCUT2D eigenvalue weighted by atomic mass is 10.2. The van der Waals surface area contributed by atoms with Crippen molar-refractivity contribution in [3.8, 4) is 5.75 Å². The Kier molecular flexibility index (Phi) is 4.54. The van der Waals surface area contributed by atoms with Gasteiger partial charge in [-0.25, -0.2) is 4.79 Å². The van der Waals surface area contributed by atoms with E-state index in [1.54, 1.807) is 24.3 Å². The Morgan fingerprint density at radius 3 is 2.60 bits per heavy atom. The van der Waals surface area contributed by atoms with Crippen molar-refractivity contribution in [2.45, 2.75) is 6.92 Å². The van der Waals surface area contributed by atoms with Crippen molar-refractivity contribution < 1.29 is 19.1 Å². The van der Waals surface area contributed by atoms with Gasteiger partial charge in [0.15, 0.2) is 0 Å². The second-order valence-electron chi connectivity index (χ2n) is 2.63. The summed E-state index contributed by atoms with van der Waals surface area (Å²) in [5, 5.41) is 0. The van der Waals surface area contributed by atoms with E-state index in [1.807, 2.05) is 22.6 Å². The van der Waals surface area contributed by atoms with Crippen LogP contribution in [0.4, 0.5) is 0 Å². The van der Waals surface area contributed by atoms with E-state index in [9.17, 15) is 9.59 Å². The van der Waals surface area contributed by atoms with Crippen molar-refractivity contribution in [3.05, 3.63) is 29.8 Å². The summed E-state index contributed by atoms with van der Waals surface area (Å²) in [6.07, 6.45) is 0. The van der Waals surface area contributed by atoms with E-state index in [0.717, 1.165) is 0 Å². The fourth-order valence-corrected chi connectivity index (χ4v) is 1.29. The van der Waals surface area contributed by atoms with Gasteiger partial charge >= 0.3 is 11.9 Å². The Labute approximate surface area is 101 Å². The topological polar surface area (TPSA) is 52.6 Å². The Morgan fingerprint density at radius 2 is 2.00 bits per heavy atom. The molecule has 0 aliphatic heterocycles. The van der Waals surface area contributed by atoms with E-state index in [1.165, 1.54) is 6.92 Å². The zero-order chi connectivity index (χ0) is 11.3. The highest BCUT2D eigenvalue weighted by Gasteiger charge is 2.13. The fourth-order valence-electron chi connectivity index (χ4n) is 1.01. The monoisotopic (exact) mass is 320 g/mol. The first-order chi connectivity index (χ1) is 7.15. The number of para-hydroxylation sites is 1. The third-order valence-electron chi connectivity index (χ3n) is 1.55. The number of benzene rings is 1. The average Bonchev–Trinajstić information content (AvgIpc) is 2.18. The van der Waals surface area contributed by atoms with Gasteiger partial charge in [0.2, 0.25) is 0 Å². The standard InChI is InChI=1S/C10H9IO4/c1-7(12)15-9-5-3-2-4-8(9)10(13)14-6-11/h2-5H,6H2,1H3. The first-order valence-corrected chi connectivity index (χ1v) is 5.68. The van der Waals surface area contributed by atoms with Crippen LogP contribution in [-0.4, -0.2) is 16.6 Å². The van der Waals surface area contributed by atoms with Crippen molar-refractivity contribution >= 4 is 34.5 Å². The molecule has 0 heterocycles. The second kappa shape index (κ2) is 5.69. The fraction of sp³-hybridized carbons (Fsp3) is 0.200. The zero-order valence-corrected chi connectivity index (χ0v) is 10.2. The maximum absolute atomic E-state index is 11.4. The molecule has 0 bridgehead atoms. The van der Waals surface area contributed by atoms with E-state index in [4.69, 9.17) is 9.47 Å². The van der Waals surface area contributed by atoms with Gasteiger partial charge in [-0.2, -0.15) is 0 Å². The van der Waals surface area contributed by atoms with Gasteiger partial charge in [0.25, 0.3) is 0 Å². The SMILES string of the molecule is CC(=O)Oc1ccccc1C(=O)OCI. The van der Waals surface area contributed by atoms with Crippen LogP contribution in [0.5, 0.6) is 5.75 Å². The normalized spacial score (nSPS) is 9.47. The summed E-state index contributed by atoms with van der Waals surface area (Å²) in [5.74, 6) is -0.745. The molecule has 0 aliphatic carbocycles. The van der Waals surface area contributed by atoms with Gasteiger partial charge in [0.05, 0.1) is 0 Å². The number of carbonyl (C=O) groups is 2. The molecule has 0 saturated heterocycles. The Balaban J connectivity index is 2.95. The molecule has 0 fully saturated rings. The van der Waals surface area contributed by atoms with Crippen molar-refractivity contribution in [2.75, 3.05) is 4.61 Å². The number of halogens is 1. The quantitative estimate of drug-likeness (QED) is 0.371. The van der Waals surface area contributed by atoms with Crippen LogP contribution in [0, 0.1) is 0 Å². The molecule has 0 amide bonds. The van der Waals surface area contributed by atoms with Gasteiger partial charge in [-0.15, -0.1) is 0 Å². The number of alkyl halides is 1. The van der Waals surface area contributed by atoms with Gasteiger partial charge < -0.3 is 9.47 Å². The Morgan fingerprint density at radius 1 is 1.33 bits per heavy atom. The lowest BCUT2D eigenvalue weighted by molar-refractivity contribution is -0.131. The predicted molar refractivity (Wildman–Crippen MR) is 62.1 cm³/mol. The van der Waals surface area contributed by atoms with Gasteiger partial charge in [0.1, 0.15) is 15.9 Å². The number of carbonyl (C=O) groups excluding carboxylic acids is 2. The minimum absolute atomic E-state index is 0.222. The molecule has 0 saturated carbocycles. The van der Waals surface area contributed by atoms with Gasteiger partial charge in [0, 0.05) is 6.92 Å². The summed E-state index contributed by atoms with van der Waals surface area (Å²) < 4.78 is 9.93. The molecule has 15 heavy (non-hydrogen) atoms. The molecule has 0 unspecified atom stereocenters. The molecule has 1 rings (SSSR count). The van der Waals surface area contributed by atoms with Gasteiger partial charge in [-0.1, -0.05) is 12.1 Å². The first kappa shape index (κ1) is 12.0. The summed E-state index contributed by atoms with van der Waals surface area (Å²) in [7, 11) is 0.